The maximum absolute atomic E-state index is 3.65. The lowest BCUT2D eigenvalue weighted by Gasteiger charge is -2.44. The van der Waals surface area contributed by atoms with E-state index in [2.05, 4.69) is 37.9 Å². The quantitative estimate of drug-likeness (QED) is 0.792. The molecule has 0 aromatic heterocycles. The second kappa shape index (κ2) is 5.71. The van der Waals surface area contributed by atoms with Gasteiger partial charge >= 0.3 is 0 Å². The molecule has 0 amide bonds. The molecule has 0 radical (unpaired) electrons. The number of hydrogen-bond donors (Lipinski definition) is 1. The number of likely N-dealkylation sites (tertiary alicyclic amines) is 1. The molecule has 1 aliphatic carbocycles. The molecule has 1 aliphatic heterocycles. The van der Waals surface area contributed by atoms with Crippen LogP contribution in [0.5, 0.6) is 0 Å². The summed E-state index contributed by atoms with van der Waals surface area (Å²) in [4.78, 5) is 2.74. The summed E-state index contributed by atoms with van der Waals surface area (Å²) in [6.07, 6.45) is 4.30. The van der Waals surface area contributed by atoms with Gasteiger partial charge in [0.2, 0.25) is 0 Å². The fraction of sp³-hybridized carbons (Fsp3) is 1.00. The Morgan fingerprint density at radius 2 is 1.94 bits per heavy atom. The summed E-state index contributed by atoms with van der Waals surface area (Å²) in [5.41, 5.74) is 0. The summed E-state index contributed by atoms with van der Waals surface area (Å²) in [6, 6.07) is 1.48. The molecular formula is C15H30N2. The molecule has 4 atom stereocenters. The fourth-order valence-electron chi connectivity index (χ4n) is 3.43. The number of rotatable bonds is 5. The van der Waals surface area contributed by atoms with Gasteiger partial charge < -0.3 is 10.2 Å². The highest BCUT2D eigenvalue weighted by Gasteiger charge is 2.35. The van der Waals surface area contributed by atoms with Gasteiger partial charge in [-0.05, 0) is 57.0 Å². The van der Waals surface area contributed by atoms with Crippen LogP contribution in [0, 0.1) is 17.8 Å². The van der Waals surface area contributed by atoms with Gasteiger partial charge in [0.05, 0.1) is 0 Å². The Hall–Kier alpha value is -0.0800. The van der Waals surface area contributed by atoms with Crippen molar-refractivity contribution in [2.45, 2.75) is 59.0 Å². The number of piperidine rings is 1. The van der Waals surface area contributed by atoms with Crippen LogP contribution < -0.4 is 5.32 Å². The van der Waals surface area contributed by atoms with E-state index in [9.17, 15) is 0 Å². The second-order valence-electron chi connectivity index (χ2n) is 6.36. The minimum atomic E-state index is 0.738. The molecule has 2 nitrogen and oxygen atoms in total. The standard InChI is InChI=1S/C15H30N2/c1-5-16-15-8-9-17(13(4)12(15)3)10-11(2)14-6-7-14/h11-16H,5-10H2,1-4H3. The summed E-state index contributed by atoms with van der Waals surface area (Å²) in [7, 11) is 0. The van der Waals surface area contributed by atoms with Crippen LogP contribution in [0.4, 0.5) is 0 Å². The lowest BCUT2D eigenvalue weighted by Crippen LogP contribution is -2.54. The van der Waals surface area contributed by atoms with E-state index in [0.717, 1.165) is 36.4 Å². The van der Waals surface area contributed by atoms with Crippen LogP contribution in [0.3, 0.4) is 0 Å². The van der Waals surface area contributed by atoms with Crippen LogP contribution in [0.2, 0.25) is 0 Å². The van der Waals surface area contributed by atoms with Crippen LogP contribution in [-0.2, 0) is 0 Å². The van der Waals surface area contributed by atoms with Gasteiger partial charge in [0, 0.05) is 18.6 Å². The fourth-order valence-corrected chi connectivity index (χ4v) is 3.43. The summed E-state index contributed by atoms with van der Waals surface area (Å²) in [5, 5.41) is 3.65. The second-order valence-corrected chi connectivity index (χ2v) is 6.36. The first-order valence-electron chi connectivity index (χ1n) is 7.61. The average molecular weight is 238 g/mol. The molecule has 1 saturated carbocycles. The summed E-state index contributed by atoms with van der Waals surface area (Å²) < 4.78 is 0. The molecular weight excluding hydrogens is 208 g/mol. The van der Waals surface area contributed by atoms with Crippen LogP contribution in [0.15, 0.2) is 0 Å². The van der Waals surface area contributed by atoms with Crippen molar-refractivity contribution in [3.05, 3.63) is 0 Å². The maximum Gasteiger partial charge on any atom is 0.0120 e. The van der Waals surface area contributed by atoms with E-state index in [1.54, 1.807) is 0 Å². The van der Waals surface area contributed by atoms with Crippen molar-refractivity contribution in [2.75, 3.05) is 19.6 Å². The van der Waals surface area contributed by atoms with Crippen molar-refractivity contribution in [1.29, 1.82) is 0 Å². The predicted octanol–water partition coefficient (Wildman–Crippen LogP) is 2.74. The first-order chi connectivity index (χ1) is 8.13. The van der Waals surface area contributed by atoms with E-state index in [4.69, 9.17) is 0 Å². The highest BCUT2D eigenvalue weighted by atomic mass is 15.2. The zero-order valence-corrected chi connectivity index (χ0v) is 12.1. The molecule has 2 aliphatic rings. The smallest absolute Gasteiger partial charge is 0.0120 e. The molecule has 1 N–H and O–H groups in total. The van der Waals surface area contributed by atoms with Crippen LogP contribution in [-0.4, -0.2) is 36.6 Å². The van der Waals surface area contributed by atoms with Gasteiger partial charge in [-0.15, -0.1) is 0 Å². The Kier molecular flexibility index (Phi) is 4.48. The Morgan fingerprint density at radius 1 is 1.24 bits per heavy atom. The molecule has 100 valence electrons. The van der Waals surface area contributed by atoms with Crippen molar-refractivity contribution >= 4 is 0 Å². The van der Waals surface area contributed by atoms with Gasteiger partial charge in [-0.1, -0.05) is 20.8 Å². The molecule has 17 heavy (non-hydrogen) atoms. The Labute approximate surface area is 107 Å². The summed E-state index contributed by atoms with van der Waals surface area (Å²) >= 11 is 0. The third-order valence-electron chi connectivity index (χ3n) is 5.11. The first-order valence-corrected chi connectivity index (χ1v) is 7.61. The van der Waals surface area contributed by atoms with Crippen LogP contribution in [0.25, 0.3) is 0 Å². The van der Waals surface area contributed by atoms with Crippen molar-refractivity contribution in [2.24, 2.45) is 17.8 Å². The van der Waals surface area contributed by atoms with Gasteiger partial charge in [0.25, 0.3) is 0 Å². The predicted molar refractivity (Wildman–Crippen MR) is 74.2 cm³/mol. The zero-order valence-electron chi connectivity index (χ0n) is 12.1. The molecule has 1 saturated heterocycles. The SMILES string of the molecule is CCNC1CCN(CC(C)C2CC2)C(C)C1C. The molecule has 0 spiro atoms. The number of nitrogens with one attached hydrogen (secondary N) is 1. The van der Waals surface area contributed by atoms with Gasteiger partial charge in [-0.2, -0.15) is 0 Å². The van der Waals surface area contributed by atoms with Crippen LogP contribution >= 0.6 is 0 Å². The average Bonchev–Trinajstić information content (AvgIpc) is 3.12. The monoisotopic (exact) mass is 238 g/mol. The van der Waals surface area contributed by atoms with E-state index >= 15 is 0 Å². The molecule has 0 aromatic rings. The maximum atomic E-state index is 3.65. The van der Waals surface area contributed by atoms with Crippen molar-refractivity contribution in [1.82, 2.24) is 10.2 Å². The Morgan fingerprint density at radius 3 is 2.53 bits per heavy atom. The highest BCUT2D eigenvalue weighted by Crippen LogP contribution is 2.37. The zero-order chi connectivity index (χ0) is 12.4. The number of hydrogen-bond acceptors (Lipinski definition) is 2. The van der Waals surface area contributed by atoms with E-state index in [0.29, 0.717) is 0 Å². The lowest BCUT2D eigenvalue weighted by molar-refractivity contribution is 0.0701. The normalized spacial score (nSPS) is 37.1. The third kappa shape index (κ3) is 3.23. The highest BCUT2D eigenvalue weighted by molar-refractivity contribution is 4.90. The third-order valence-corrected chi connectivity index (χ3v) is 5.11. The summed E-state index contributed by atoms with van der Waals surface area (Å²) in [6.45, 7) is 13.2. The summed E-state index contributed by atoms with van der Waals surface area (Å²) in [5.74, 6) is 2.75. The molecule has 0 bridgehead atoms. The topological polar surface area (TPSA) is 15.3 Å². The largest absolute Gasteiger partial charge is 0.314 e. The minimum absolute atomic E-state index is 0.738. The van der Waals surface area contributed by atoms with Crippen molar-refractivity contribution < 1.29 is 0 Å². The molecule has 0 aromatic carbocycles. The van der Waals surface area contributed by atoms with Crippen molar-refractivity contribution in [3.63, 3.8) is 0 Å². The minimum Gasteiger partial charge on any atom is -0.314 e. The molecule has 1 heterocycles. The lowest BCUT2D eigenvalue weighted by atomic mass is 9.86. The van der Waals surface area contributed by atoms with Gasteiger partial charge in [0.15, 0.2) is 0 Å². The van der Waals surface area contributed by atoms with E-state index < -0.39 is 0 Å². The molecule has 4 unspecified atom stereocenters. The Balaban J connectivity index is 1.84. The van der Waals surface area contributed by atoms with E-state index in [1.165, 1.54) is 32.4 Å². The molecule has 2 fully saturated rings. The van der Waals surface area contributed by atoms with Crippen LogP contribution in [0.1, 0.15) is 47.0 Å². The van der Waals surface area contributed by atoms with E-state index in [-0.39, 0.29) is 0 Å². The molecule has 2 rings (SSSR count). The van der Waals surface area contributed by atoms with Gasteiger partial charge in [-0.25, -0.2) is 0 Å². The van der Waals surface area contributed by atoms with Gasteiger partial charge in [-0.3, -0.25) is 0 Å². The first kappa shape index (κ1) is 13.4. The molecule has 2 heteroatoms. The number of nitrogens with zero attached hydrogens (tertiary/aromatic N) is 1. The van der Waals surface area contributed by atoms with Gasteiger partial charge in [0.1, 0.15) is 0 Å². The van der Waals surface area contributed by atoms with E-state index in [1.807, 2.05) is 0 Å². The van der Waals surface area contributed by atoms with Crippen molar-refractivity contribution in [3.8, 4) is 0 Å². The Bertz CT molecular complexity index is 237.